The van der Waals surface area contributed by atoms with Crippen molar-refractivity contribution < 1.29 is 4.79 Å². The van der Waals surface area contributed by atoms with Crippen LogP contribution < -0.4 is 4.90 Å². The number of aromatic nitrogens is 1. The van der Waals surface area contributed by atoms with Crippen LogP contribution >= 0.6 is 0 Å². The fourth-order valence-electron chi connectivity index (χ4n) is 1.61. The van der Waals surface area contributed by atoms with Gasteiger partial charge in [-0.25, -0.2) is 0 Å². The van der Waals surface area contributed by atoms with Gasteiger partial charge in [0.1, 0.15) is 5.69 Å². The van der Waals surface area contributed by atoms with E-state index in [0.717, 1.165) is 5.69 Å². The van der Waals surface area contributed by atoms with Crippen LogP contribution in [0.4, 0.5) is 5.69 Å². The minimum absolute atomic E-state index is 0.107. The van der Waals surface area contributed by atoms with Gasteiger partial charge in [-0.1, -0.05) is 6.92 Å². The maximum atomic E-state index is 11.4. The second-order valence-electron chi connectivity index (χ2n) is 4.02. The third-order valence-electron chi connectivity index (χ3n) is 2.86. The fourth-order valence-corrected chi connectivity index (χ4v) is 1.61. The number of anilines is 1. The maximum Gasteiger partial charge on any atom is 0.180 e. The minimum Gasteiger partial charge on any atom is -0.370 e. The molecule has 0 radical (unpaired) electrons. The van der Waals surface area contributed by atoms with Gasteiger partial charge in [0.05, 0.1) is 11.9 Å². The summed E-state index contributed by atoms with van der Waals surface area (Å²) in [4.78, 5) is 17.8. The lowest BCUT2D eigenvalue weighted by molar-refractivity contribution is 0.0983. The molecule has 0 spiro atoms. The second-order valence-corrected chi connectivity index (χ2v) is 4.02. The Bertz CT molecular complexity index is 354. The predicted octanol–water partition coefficient (Wildman–Crippen LogP) is 2.27. The van der Waals surface area contributed by atoms with Crippen molar-refractivity contribution in [3.05, 3.63) is 24.0 Å². The second kappa shape index (κ2) is 4.01. The molecule has 1 aromatic heterocycles. The predicted molar refractivity (Wildman–Crippen MR) is 60.3 cm³/mol. The molecule has 3 nitrogen and oxygen atoms in total. The van der Waals surface area contributed by atoms with E-state index >= 15 is 0 Å². The molecule has 0 aliphatic heterocycles. The van der Waals surface area contributed by atoms with Gasteiger partial charge in [0.2, 0.25) is 0 Å². The first-order chi connectivity index (χ1) is 7.22. The van der Waals surface area contributed by atoms with Gasteiger partial charge in [-0.3, -0.25) is 9.78 Å². The summed E-state index contributed by atoms with van der Waals surface area (Å²) in [5.74, 6) is 0.107. The highest BCUT2D eigenvalue weighted by Gasteiger charge is 2.26. The summed E-state index contributed by atoms with van der Waals surface area (Å²) >= 11 is 0. The number of carbonyl (C=O) groups is 1. The van der Waals surface area contributed by atoms with E-state index in [9.17, 15) is 4.79 Å². The van der Waals surface area contributed by atoms with E-state index in [4.69, 9.17) is 0 Å². The highest BCUT2D eigenvalue weighted by Crippen LogP contribution is 2.29. The summed E-state index contributed by atoms with van der Waals surface area (Å²) < 4.78 is 0. The molecule has 15 heavy (non-hydrogen) atoms. The van der Waals surface area contributed by atoms with Crippen molar-refractivity contribution in [3.63, 3.8) is 0 Å². The highest BCUT2D eigenvalue weighted by atomic mass is 16.1. The van der Waals surface area contributed by atoms with Crippen LogP contribution in [-0.4, -0.2) is 23.9 Å². The average molecular weight is 204 g/mol. The molecule has 0 atom stereocenters. The zero-order valence-corrected chi connectivity index (χ0v) is 9.23. The summed E-state index contributed by atoms with van der Waals surface area (Å²) in [6, 6.07) is 4.48. The lowest BCUT2D eigenvalue weighted by atomic mass is 10.2. The summed E-state index contributed by atoms with van der Waals surface area (Å²) in [7, 11) is 2.08. The number of hydrogen-bond donors (Lipinski definition) is 0. The number of pyridine rings is 1. The Morgan fingerprint density at radius 1 is 1.53 bits per heavy atom. The molecule has 0 aromatic carbocycles. The molecular formula is C12H16N2O. The zero-order chi connectivity index (χ0) is 10.8. The van der Waals surface area contributed by atoms with Gasteiger partial charge in [0.15, 0.2) is 5.78 Å². The first kappa shape index (κ1) is 10.1. The smallest absolute Gasteiger partial charge is 0.180 e. The number of carbonyl (C=O) groups excluding carboxylic acids is 1. The van der Waals surface area contributed by atoms with Crippen LogP contribution in [0.5, 0.6) is 0 Å². The summed E-state index contributed by atoms with van der Waals surface area (Å²) in [5, 5.41) is 0. The Morgan fingerprint density at radius 3 is 2.73 bits per heavy atom. The topological polar surface area (TPSA) is 33.2 Å². The number of hydrogen-bond acceptors (Lipinski definition) is 3. The van der Waals surface area contributed by atoms with Crippen LogP contribution in [0.15, 0.2) is 18.3 Å². The summed E-state index contributed by atoms with van der Waals surface area (Å²) in [6.07, 6.45) is 4.85. The lowest BCUT2D eigenvalue weighted by Crippen LogP contribution is -2.19. The van der Waals surface area contributed by atoms with Gasteiger partial charge in [-0.05, 0) is 25.0 Å². The highest BCUT2D eigenvalue weighted by molar-refractivity contribution is 5.94. The van der Waals surface area contributed by atoms with E-state index in [1.54, 1.807) is 6.20 Å². The van der Waals surface area contributed by atoms with Crippen LogP contribution in [0, 0.1) is 0 Å². The Labute approximate surface area is 90.1 Å². The Hall–Kier alpha value is -1.38. The molecule has 1 heterocycles. The molecule has 0 N–H and O–H groups in total. The molecule has 1 aliphatic carbocycles. The van der Waals surface area contributed by atoms with Crippen molar-refractivity contribution in [1.29, 1.82) is 0 Å². The molecular weight excluding hydrogens is 188 g/mol. The first-order valence-electron chi connectivity index (χ1n) is 5.44. The van der Waals surface area contributed by atoms with Gasteiger partial charge in [-0.2, -0.15) is 0 Å². The van der Waals surface area contributed by atoms with Gasteiger partial charge in [-0.15, -0.1) is 0 Å². The molecule has 1 aliphatic rings. The van der Waals surface area contributed by atoms with Crippen molar-refractivity contribution in [1.82, 2.24) is 4.98 Å². The van der Waals surface area contributed by atoms with Crippen molar-refractivity contribution in [2.45, 2.75) is 32.2 Å². The summed E-state index contributed by atoms with van der Waals surface area (Å²) in [6.45, 7) is 1.86. The zero-order valence-electron chi connectivity index (χ0n) is 9.23. The normalized spacial score (nSPS) is 15.1. The minimum atomic E-state index is 0.107. The van der Waals surface area contributed by atoms with E-state index in [2.05, 4.69) is 16.9 Å². The molecule has 80 valence electrons. The van der Waals surface area contributed by atoms with Crippen molar-refractivity contribution >= 4 is 11.5 Å². The van der Waals surface area contributed by atoms with Crippen LogP contribution in [-0.2, 0) is 0 Å². The number of ketones is 1. The van der Waals surface area contributed by atoms with Crippen molar-refractivity contribution in [2.24, 2.45) is 0 Å². The molecule has 0 bridgehead atoms. The fraction of sp³-hybridized carbons (Fsp3) is 0.500. The van der Waals surface area contributed by atoms with Crippen molar-refractivity contribution in [2.75, 3.05) is 11.9 Å². The quantitative estimate of drug-likeness (QED) is 0.705. The van der Waals surface area contributed by atoms with E-state index < -0.39 is 0 Å². The maximum absolute atomic E-state index is 11.4. The third kappa shape index (κ3) is 2.17. The average Bonchev–Trinajstić information content (AvgIpc) is 3.11. The molecule has 1 aromatic rings. The lowest BCUT2D eigenvalue weighted by Gasteiger charge is -2.17. The van der Waals surface area contributed by atoms with Crippen LogP contribution in [0.25, 0.3) is 0 Å². The first-order valence-corrected chi connectivity index (χ1v) is 5.44. The van der Waals surface area contributed by atoms with Gasteiger partial charge < -0.3 is 4.90 Å². The largest absolute Gasteiger partial charge is 0.370 e. The van der Waals surface area contributed by atoms with Crippen LogP contribution in [0.1, 0.15) is 36.7 Å². The van der Waals surface area contributed by atoms with Gasteiger partial charge >= 0.3 is 0 Å². The van der Waals surface area contributed by atoms with E-state index in [0.29, 0.717) is 18.2 Å². The van der Waals surface area contributed by atoms with E-state index in [-0.39, 0.29) is 5.78 Å². The molecule has 0 amide bonds. The SMILES string of the molecule is CCC(=O)c1ccc(N(C)C2CC2)cn1. The monoisotopic (exact) mass is 204 g/mol. The van der Waals surface area contributed by atoms with E-state index in [1.165, 1.54) is 12.8 Å². The Morgan fingerprint density at radius 2 is 2.27 bits per heavy atom. The van der Waals surface area contributed by atoms with E-state index in [1.807, 2.05) is 19.1 Å². The molecule has 1 saturated carbocycles. The standard InChI is InChI=1S/C12H16N2O/c1-3-12(15)11-7-6-10(8-13-11)14(2)9-4-5-9/h6-9H,3-5H2,1-2H3. The molecule has 1 fully saturated rings. The van der Waals surface area contributed by atoms with Gasteiger partial charge in [0, 0.05) is 19.5 Å². The van der Waals surface area contributed by atoms with Gasteiger partial charge in [0.25, 0.3) is 0 Å². The van der Waals surface area contributed by atoms with Crippen LogP contribution in [0.3, 0.4) is 0 Å². The summed E-state index contributed by atoms with van der Waals surface area (Å²) in [5.41, 5.74) is 1.68. The third-order valence-corrected chi connectivity index (χ3v) is 2.86. The molecule has 2 rings (SSSR count). The number of Topliss-reactive ketones (excluding diaryl/α,β-unsaturated/α-hetero) is 1. The van der Waals surface area contributed by atoms with Crippen molar-refractivity contribution in [3.8, 4) is 0 Å². The number of rotatable bonds is 4. The Kier molecular flexibility index (Phi) is 2.71. The molecule has 3 heteroatoms. The van der Waals surface area contributed by atoms with Crippen LogP contribution in [0.2, 0.25) is 0 Å². The Balaban J connectivity index is 2.12. The number of nitrogens with zero attached hydrogens (tertiary/aromatic N) is 2. The molecule has 0 unspecified atom stereocenters. The molecule has 0 saturated heterocycles.